The second-order valence-corrected chi connectivity index (χ2v) is 9.76. The summed E-state index contributed by atoms with van der Waals surface area (Å²) in [5.74, 6) is -2.33. The summed E-state index contributed by atoms with van der Waals surface area (Å²) in [6.45, 7) is 0. The minimum Gasteiger partial charge on any atom is -0.481 e. The third-order valence-corrected chi connectivity index (χ3v) is 7.50. The van der Waals surface area contributed by atoms with Crippen molar-refractivity contribution in [3.63, 3.8) is 0 Å². The lowest BCUT2D eigenvalue weighted by molar-refractivity contribution is -0.138. The number of alkyl halides is 3. The Morgan fingerprint density at radius 3 is 2.61 bits per heavy atom. The van der Waals surface area contributed by atoms with Gasteiger partial charge in [0.2, 0.25) is 5.91 Å². The number of carboxylic acids is 1. The maximum absolute atomic E-state index is 13.1. The zero-order chi connectivity index (χ0) is 20.7. The summed E-state index contributed by atoms with van der Waals surface area (Å²) in [5, 5.41) is 8.28. The number of hydrogen-bond donors (Lipinski definition) is 1. The van der Waals surface area contributed by atoms with Crippen LogP contribution in [-0.4, -0.2) is 53.4 Å². The van der Waals surface area contributed by atoms with Crippen LogP contribution in [0.1, 0.15) is 18.4 Å². The van der Waals surface area contributed by atoms with Gasteiger partial charge in [-0.25, -0.2) is 8.42 Å². The number of amidine groups is 1. The Morgan fingerprint density at radius 2 is 1.96 bits per heavy atom. The molecule has 0 spiro atoms. The topological polar surface area (TPSA) is 104 Å². The molecule has 2 saturated heterocycles. The quantitative estimate of drug-likeness (QED) is 0.771. The molecule has 28 heavy (non-hydrogen) atoms. The number of rotatable bonds is 4. The van der Waals surface area contributed by atoms with Crippen molar-refractivity contribution in [3.05, 3.63) is 29.8 Å². The van der Waals surface area contributed by atoms with E-state index in [9.17, 15) is 31.2 Å². The summed E-state index contributed by atoms with van der Waals surface area (Å²) in [5.41, 5.74) is -0.826. The first-order valence-corrected chi connectivity index (χ1v) is 10.8. The van der Waals surface area contributed by atoms with E-state index in [-0.39, 0.29) is 28.8 Å². The maximum atomic E-state index is 13.1. The Bertz CT molecular complexity index is 946. The van der Waals surface area contributed by atoms with Gasteiger partial charge in [0.15, 0.2) is 15.0 Å². The highest BCUT2D eigenvalue weighted by Gasteiger charge is 2.49. The second-order valence-electron chi connectivity index (χ2n) is 6.40. The van der Waals surface area contributed by atoms with Gasteiger partial charge in [-0.2, -0.15) is 18.2 Å². The Labute approximate surface area is 162 Å². The van der Waals surface area contributed by atoms with E-state index >= 15 is 0 Å². The third kappa shape index (κ3) is 4.49. The number of thioether (sulfide) groups is 1. The van der Waals surface area contributed by atoms with Gasteiger partial charge in [0.1, 0.15) is 0 Å². The van der Waals surface area contributed by atoms with Gasteiger partial charge < -0.3 is 10.0 Å². The van der Waals surface area contributed by atoms with Gasteiger partial charge in [0, 0.05) is 17.4 Å². The SMILES string of the molecule is O=C(O)CCC(=O)N=C1S[C@H]2CS(=O)(=O)C[C@@H]2N1c1cccc(C(F)(F)F)c1. The van der Waals surface area contributed by atoms with E-state index in [2.05, 4.69) is 4.99 Å². The number of fused-ring (bicyclic) bond motifs is 1. The van der Waals surface area contributed by atoms with E-state index in [4.69, 9.17) is 5.11 Å². The number of anilines is 1. The van der Waals surface area contributed by atoms with Crippen LogP contribution in [0.4, 0.5) is 18.9 Å². The molecule has 1 N–H and O–H groups in total. The molecule has 0 radical (unpaired) electrons. The van der Waals surface area contributed by atoms with Crippen LogP contribution in [0.2, 0.25) is 0 Å². The van der Waals surface area contributed by atoms with Gasteiger partial charge >= 0.3 is 12.1 Å². The predicted molar refractivity (Wildman–Crippen MR) is 97.1 cm³/mol. The fourth-order valence-corrected chi connectivity index (χ4v) is 7.01. The number of hydrogen-bond acceptors (Lipinski definition) is 5. The molecule has 1 aromatic carbocycles. The van der Waals surface area contributed by atoms with Crippen LogP contribution in [0.3, 0.4) is 0 Å². The first-order valence-electron chi connectivity index (χ1n) is 8.13. The third-order valence-electron chi connectivity index (χ3n) is 4.29. The van der Waals surface area contributed by atoms with Crippen molar-refractivity contribution in [2.75, 3.05) is 16.4 Å². The van der Waals surface area contributed by atoms with Crippen LogP contribution in [0.15, 0.2) is 29.3 Å². The van der Waals surface area contributed by atoms with Crippen molar-refractivity contribution < 1.29 is 36.3 Å². The van der Waals surface area contributed by atoms with E-state index in [1.165, 1.54) is 17.0 Å². The predicted octanol–water partition coefficient (Wildman–Crippen LogP) is 2.17. The van der Waals surface area contributed by atoms with Crippen LogP contribution in [-0.2, 0) is 25.6 Å². The van der Waals surface area contributed by atoms with Crippen molar-refractivity contribution in [3.8, 4) is 0 Å². The van der Waals surface area contributed by atoms with Gasteiger partial charge in [0.25, 0.3) is 0 Å². The van der Waals surface area contributed by atoms with Gasteiger partial charge in [-0.15, -0.1) is 0 Å². The van der Waals surface area contributed by atoms with Crippen LogP contribution < -0.4 is 4.90 Å². The molecule has 1 amide bonds. The normalized spacial score (nSPS) is 25.1. The average Bonchev–Trinajstić information content (AvgIpc) is 3.03. The van der Waals surface area contributed by atoms with Crippen molar-refractivity contribution in [1.82, 2.24) is 0 Å². The molecule has 2 aliphatic rings. The van der Waals surface area contributed by atoms with Crippen molar-refractivity contribution in [2.24, 2.45) is 4.99 Å². The number of aliphatic carboxylic acids is 1. The summed E-state index contributed by atoms with van der Waals surface area (Å²) in [7, 11) is -3.36. The number of sulfone groups is 1. The number of halogens is 3. The molecule has 12 heteroatoms. The van der Waals surface area contributed by atoms with E-state index in [0.717, 1.165) is 23.9 Å². The molecular weight excluding hydrogens is 421 g/mol. The first kappa shape index (κ1) is 20.6. The fourth-order valence-electron chi connectivity index (χ4n) is 3.07. The number of amides is 1. The largest absolute Gasteiger partial charge is 0.481 e. The number of carboxylic acid groups (broad SMARTS) is 1. The van der Waals surface area contributed by atoms with Gasteiger partial charge in [0.05, 0.1) is 29.5 Å². The number of benzene rings is 1. The lowest BCUT2D eigenvalue weighted by Gasteiger charge is -2.25. The minimum absolute atomic E-state index is 0.0803. The molecule has 0 aliphatic carbocycles. The zero-order valence-electron chi connectivity index (χ0n) is 14.2. The fraction of sp³-hybridized carbons (Fsp3) is 0.438. The average molecular weight is 436 g/mol. The van der Waals surface area contributed by atoms with Gasteiger partial charge in [-0.3, -0.25) is 9.59 Å². The molecule has 0 aromatic heterocycles. The van der Waals surface area contributed by atoms with Crippen LogP contribution in [0.5, 0.6) is 0 Å². The molecule has 3 rings (SSSR count). The lowest BCUT2D eigenvalue weighted by Crippen LogP contribution is -2.37. The van der Waals surface area contributed by atoms with Crippen molar-refractivity contribution in [2.45, 2.75) is 30.3 Å². The summed E-state index contributed by atoms with van der Waals surface area (Å²) in [4.78, 5) is 27.8. The molecule has 152 valence electrons. The Kier molecular flexibility index (Phi) is 5.45. The number of aliphatic imine (C=N–C) groups is 1. The number of carbonyl (C=O) groups is 2. The zero-order valence-corrected chi connectivity index (χ0v) is 15.9. The van der Waals surface area contributed by atoms with E-state index < -0.39 is 51.2 Å². The van der Waals surface area contributed by atoms with Crippen LogP contribution in [0, 0.1) is 0 Å². The molecule has 7 nitrogen and oxygen atoms in total. The minimum atomic E-state index is -4.58. The smallest absolute Gasteiger partial charge is 0.416 e. The molecule has 2 atom stereocenters. The maximum Gasteiger partial charge on any atom is 0.416 e. The number of carbonyl (C=O) groups excluding carboxylic acids is 1. The monoisotopic (exact) mass is 436 g/mol. The summed E-state index contributed by atoms with van der Waals surface area (Å²) >= 11 is 1.01. The second kappa shape index (κ2) is 7.39. The van der Waals surface area contributed by atoms with E-state index in [0.29, 0.717) is 0 Å². The Balaban J connectivity index is 1.97. The van der Waals surface area contributed by atoms with Gasteiger partial charge in [-0.05, 0) is 18.2 Å². The highest BCUT2D eigenvalue weighted by atomic mass is 32.2. The van der Waals surface area contributed by atoms with Gasteiger partial charge in [-0.1, -0.05) is 17.8 Å². The Hall–Kier alpha value is -2.08. The molecular formula is C16H15F3N2O5S2. The van der Waals surface area contributed by atoms with Crippen molar-refractivity contribution in [1.29, 1.82) is 0 Å². The highest BCUT2D eigenvalue weighted by Crippen LogP contribution is 2.42. The molecule has 0 unspecified atom stereocenters. The lowest BCUT2D eigenvalue weighted by atomic mass is 10.1. The molecule has 2 fully saturated rings. The summed E-state index contributed by atoms with van der Waals surface area (Å²) in [6.07, 6.45) is -5.37. The molecule has 0 saturated carbocycles. The highest BCUT2D eigenvalue weighted by molar-refractivity contribution is 8.16. The van der Waals surface area contributed by atoms with Crippen LogP contribution >= 0.6 is 11.8 Å². The Morgan fingerprint density at radius 1 is 1.25 bits per heavy atom. The molecule has 1 aromatic rings. The van der Waals surface area contributed by atoms with E-state index in [1.54, 1.807) is 0 Å². The van der Waals surface area contributed by atoms with E-state index in [1.807, 2.05) is 0 Å². The summed E-state index contributed by atoms with van der Waals surface area (Å²) in [6, 6.07) is 3.71. The number of nitrogens with zero attached hydrogens (tertiary/aromatic N) is 2. The van der Waals surface area contributed by atoms with Crippen LogP contribution in [0.25, 0.3) is 0 Å². The molecule has 0 bridgehead atoms. The molecule has 2 aliphatic heterocycles. The van der Waals surface area contributed by atoms with Crippen molar-refractivity contribution >= 4 is 44.3 Å². The standard InChI is InChI=1S/C16H15F3N2O5S2/c17-16(18,19)9-2-1-3-10(6-9)21-11-7-28(25,26)8-12(11)27-15(21)20-13(22)4-5-14(23)24/h1-3,6,11-12H,4-5,7-8H2,(H,23,24)/t11-,12-/m0/s1. The first-order chi connectivity index (χ1) is 13.0. The molecule has 2 heterocycles. The summed E-state index contributed by atoms with van der Waals surface area (Å²) < 4.78 is 63.1.